The van der Waals surface area contributed by atoms with Crippen LogP contribution in [-0.2, 0) is 0 Å². The molecule has 1 amide bonds. The lowest BCUT2D eigenvalue weighted by Crippen LogP contribution is -2.17. The van der Waals surface area contributed by atoms with Crippen LogP contribution >= 0.6 is 0 Å². The van der Waals surface area contributed by atoms with Crippen LogP contribution in [-0.4, -0.2) is 36.5 Å². The maximum Gasteiger partial charge on any atom is 0.289 e. The standard InChI is InChI=1S/C19H18N4O3/c1-25-14-8-9-18(26-2)15(10-14)16-11-17(22-21-16)19(24)23-20-12-13-6-4-3-5-7-13/h3-12H,1-2H3,(H,21,22)(H,23,24)/b20-12+. The summed E-state index contributed by atoms with van der Waals surface area (Å²) in [5, 5.41) is 10.8. The highest BCUT2D eigenvalue weighted by molar-refractivity contribution is 5.94. The number of hydrogen-bond donors (Lipinski definition) is 2. The van der Waals surface area contributed by atoms with Crippen LogP contribution in [0.5, 0.6) is 11.5 Å². The molecule has 0 spiro atoms. The van der Waals surface area contributed by atoms with Gasteiger partial charge >= 0.3 is 0 Å². The number of rotatable bonds is 6. The number of methoxy groups -OCH3 is 2. The molecule has 26 heavy (non-hydrogen) atoms. The molecular formula is C19H18N4O3. The van der Waals surface area contributed by atoms with Crippen LogP contribution in [0.2, 0.25) is 0 Å². The summed E-state index contributed by atoms with van der Waals surface area (Å²) in [6, 6.07) is 16.5. The van der Waals surface area contributed by atoms with Crippen molar-refractivity contribution in [3.05, 3.63) is 65.9 Å². The Bertz CT molecular complexity index is 920. The molecule has 0 radical (unpaired) electrons. The normalized spacial score (nSPS) is 10.7. The Kier molecular flexibility index (Phi) is 5.28. The first kappa shape index (κ1) is 17.2. The van der Waals surface area contributed by atoms with Crippen LogP contribution in [0, 0.1) is 0 Å². The highest BCUT2D eigenvalue weighted by atomic mass is 16.5. The topological polar surface area (TPSA) is 88.6 Å². The quantitative estimate of drug-likeness (QED) is 0.528. The third kappa shape index (κ3) is 3.89. The van der Waals surface area contributed by atoms with Crippen LogP contribution in [0.3, 0.4) is 0 Å². The highest BCUT2D eigenvalue weighted by Crippen LogP contribution is 2.32. The fourth-order valence-electron chi connectivity index (χ4n) is 2.36. The molecule has 0 saturated carbocycles. The number of ether oxygens (including phenoxy) is 2. The second kappa shape index (κ2) is 7.98. The summed E-state index contributed by atoms with van der Waals surface area (Å²) in [6.07, 6.45) is 1.57. The van der Waals surface area contributed by atoms with E-state index in [1.807, 2.05) is 30.3 Å². The summed E-state index contributed by atoms with van der Waals surface area (Å²) in [5.41, 5.74) is 4.93. The number of aromatic amines is 1. The van der Waals surface area contributed by atoms with Crippen LogP contribution in [0.4, 0.5) is 0 Å². The van der Waals surface area contributed by atoms with E-state index in [0.717, 1.165) is 11.1 Å². The fourth-order valence-corrected chi connectivity index (χ4v) is 2.36. The summed E-state index contributed by atoms with van der Waals surface area (Å²) < 4.78 is 10.6. The predicted octanol–water partition coefficient (Wildman–Crippen LogP) is 2.86. The summed E-state index contributed by atoms with van der Waals surface area (Å²) in [4.78, 5) is 12.2. The Balaban J connectivity index is 1.75. The Morgan fingerprint density at radius 1 is 1.12 bits per heavy atom. The first-order chi connectivity index (χ1) is 12.7. The molecule has 7 heteroatoms. The molecule has 0 aliphatic rings. The summed E-state index contributed by atoms with van der Waals surface area (Å²) in [7, 11) is 3.16. The molecule has 2 N–H and O–H groups in total. The van der Waals surface area contributed by atoms with Gasteiger partial charge in [0.05, 0.1) is 26.1 Å². The van der Waals surface area contributed by atoms with Crippen molar-refractivity contribution in [2.45, 2.75) is 0 Å². The Morgan fingerprint density at radius 2 is 1.92 bits per heavy atom. The Hall–Kier alpha value is -3.61. The molecular weight excluding hydrogens is 332 g/mol. The number of nitrogens with zero attached hydrogens (tertiary/aromatic N) is 2. The van der Waals surface area contributed by atoms with Crippen molar-refractivity contribution < 1.29 is 14.3 Å². The molecule has 132 valence electrons. The second-order valence-electron chi connectivity index (χ2n) is 5.34. The third-order valence-corrected chi connectivity index (χ3v) is 3.68. The largest absolute Gasteiger partial charge is 0.497 e. The van der Waals surface area contributed by atoms with Crippen LogP contribution in [0.15, 0.2) is 59.7 Å². The SMILES string of the molecule is COc1ccc(OC)c(-c2cc(C(=O)N/N=C/c3ccccc3)[nH]n2)c1. The third-order valence-electron chi connectivity index (χ3n) is 3.68. The van der Waals surface area contributed by atoms with E-state index in [4.69, 9.17) is 9.47 Å². The molecule has 0 aliphatic carbocycles. The van der Waals surface area contributed by atoms with Gasteiger partial charge in [0.1, 0.15) is 17.2 Å². The number of H-pyrrole nitrogens is 1. The van der Waals surface area contributed by atoms with Crippen molar-refractivity contribution in [1.29, 1.82) is 0 Å². The lowest BCUT2D eigenvalue weighted by atomic mass is 10.1. The Morgan fingerprint density at radius 3 is 2.65 bits per heavy atom. The second-order valence-corrected chi connectivity index (χ2v) is 5.34. The van der Waals surface area contributed by atoms with E-state index in [-0.39, 0.29) is 5.69 Å². The molecule has 0 bridgehead atoms. The van der Waals surface area contributed by atoms with Gasteiger partial charge in [0.2, 0.25) is 0 Å². The van der Waals surface area contributed by atoms with Gasteiger partial charge in [0.25, 0.3) is 5.91 Å². The average molecular weight is 350 g/mol. The van der Waals surface area contributed by atoms with E-state index in [9.17, 15) is 4.79 Å². The summed E-state index contributed by atoms with van der Waals surface area (Å²) in [5.74, 6) is 0.909. The monoisotopic (exact) mass is 350 g/mol. The van der Waals surface area contributed by atoms with Gasteiger partial charge in [-0.3, -0.25) is 9.89 Å². The average Bonchev–Trinajstić information content (AvgIpc) is 3.18. The molecule has 1 heterocycles. The molecule has 0 atom stereocenters. The van der Waals surface area contributed by atoms with Gasteiger partial charge in [0.15, 0.2) is 0 Å². The highest BCUT2D eigenvalue weighted by Gasteiger charge is 2.14. The van der Waals surface area contributed by atoms with E-state index in [1.54, 1.807) is 44.7 Å². The number of nitrogens with one attached hydrogen (secondary N) is 2. The molecule has 7 nitrogen and oxygen atoms in total. The van der Waals surface area contributed by atoms with Gasteiger partial charge in [-0.2, -0.15) is 10.2 Å². The van der Waals surface area contributed by atoms with E-state index >= 15 is 0 Å². The molecule has 2 aromatic carbocycles. The van der Waals surface area contributed by atoms with Gasteiger partial charge in [-0.25, -0.2) is 5.43 Å². The van der Waals surface area contributed by atoms with Gasteiger partial charge in [-0.15, -0.1) is 0 Å². The molecule has 0 saturated heterocycles. The van der Waals surface area contributed by atoms with Crippen LogP contribution < -0.4 is 14.9 Å². The lowest BCUT2D eigenvalue weighted by Gasteiger charge is -2.08. The molecule has 0 aliphatic heterocycles. The van der Waals surface area contributed by atoms with Gasteiger partial charge < -0.3 is 9.47 Å². The van der Waals surface area contributed by atoms with E-state index in [2.05, 4.69) is 20.7 Å². The maximum absolute atomic E-state index is 12.2. The molecule has 0 unspecified atom stereocenters. The zero-order valence-electron chi connectivity index (χ0n) is 14.4. The molecule has 3 aromatic rings. The minimum Gasteiger partial charge on any atom is -0.497 e. The number of carbonyl (C=O) groups is 1. The number of carbonyl (C=O) groups excluding carboxylic acids is 1. The number of aromatic nitrogens is 2. The predicted molar refractivity (Wildman–Crippen MR) is 98.6 cm³/mol. The van der Waals surface area contributed by atoms with Crippen LogP contribution in [0.25, 0.3) is 11.3 Å². The minimum atomic E-state index is -0.391. The number of hydrogen-bond acceptors (Lipinski definition) is 5. The summed E-state index contributed by atoms with van der Waals surface area (Å²) >= 11 is 0. The zero-order valence-corrected chi connectivity index (χ0v) is 14.4. The smallest absolute Gasteiger partial charge is 0.289 e. The number of benzene rings is 2. The Labute approximate surface area is 150 Å². The fraction of sp³-hybridized carbons (Fsp3) is 0.105. The lowest BCUT2D eigenvalue weighted by molar-refractivity contribution is 0.0950. The van der Waals surface area contributed by atoms with Gasteiger partial charge in [-0.05, 0) is 29.8 Å². The molecule has 0 fully saturated rings. The first-order valence-corrected chi connectivity index (χ1v) is 7.87. The zero-order chi connectivity index (χ0) is 18.4. The van der Waals surface area contributed by atoms with Crippen molar-refractivity contribution in [3.63, 3.8) is 0 Å². The molecule has 1 aromatic heterocycles. The van der Waals surface area contributed by atoms with Crippen molar-refractivity contribution in [2.24, 2.45) is 5.10 Å². The first-order valence-electron chi connectivity index (χ1n) is 7.87. The summed E-state index contributed by atoms with van der Waals surface area (Å²) in [6.45, 7) is 0. The van der Waals surface area contributed by atoms with E-state index < -0.39 is 5.91 Å². The maximum atomic E-state index is 12.2. The van der Waals surface area contributed by atoms with Crippen molar-refractivity contribution in [3.8, 4) is 22.8 Å². The molecule has 3 rings (SSSR count). The van der Waals surface area contributed by atoms with Crippen molar-refractivity contribution in [2.75, 3.05) is 14.2 Å². The number of hydrazone groups is 1. The van der Waals surface area contributed by atoms with Gasteiger partial charge in [-0.1, -0.05) is 30.3 Å². The van der Waals surface area contributed by atoms with Gasteiger partial charge in [0, 0.05) is 5.56 Å². The van der Waals surface area contributed by atoms with E-state index in [0.29, 0.717) is 17.2 Å². The minimum absolute atomic E-state index is 0.287. The van der Waals surface area contributed by atoms with Crippen LogP contribution in [0.1, 0.15) is 16.1 Å². The van der Waals surface area contributed by atoms with E-state index in [1.165, 1.54) is 0 Å². The van der Waals surface area contributed by atoms with Crippen molar-refractivity contribution in [1.82, 2.24) is 15.6 Å². The van der Waals surface area contributed by atoms with Crippen molar-refractivity contribution >= 4 is 12.1 Å². The number of amides is 1.